The molecule has 0 aliphatic carbocycles. The highest BCUT2D eigenvalue weighted by atomic mass is 33.1. The zero-order chi connectivity index (χ0) is 13.1. The minimum atomic E-state index is 0.0331. The first kappa shape index (κ1) is 16.1. The largest absolute Gasteiger partial charge is 0.394 e. The molecule has 0 aromatic carbocycles. The molecule has 1 heterocycles. The van der Waals surface area contributed by atoms with Crippen LogP contribution in [0.3, 0.4) is 0 Å². The van der Waals surface area contributed by atoms with E-state index in [0.717, 1.165) is 18.1 Å². The van der Waals surface area contributed by atoms with Crippen molar-refractivity contribution in [3.8, 4) is 0 Å². The molecule has 1 atom stereocenters. The molecule has 0 saturated carbocycles. The van der Waals surface area contributed by atoms with Gasteiger partial charge in [-0.3, -0.25) is 4.79 Å². The second kappa shape index (κ2) is 11.0. The third kappa shape index (κ3) is 8.24. The van der Waals surface area contributed by atoms with Crippen LogP contribution in [0, 0.1) is 0 Å². The Bertz CT molecular complexity index is 223. The summed E-state index contributed by atoms with van der Waals surface area (Å²) < 4.78 is 5.06. The standard InChI is InChI=1S/C12H23NO3S2/c14-7-9-16-8-6-13-12(15)4-2-1-3-11-5-10-17-18-11/h11,14H,1-10H2,(H,13,15). The molecule has 4 nitrogen and oxygen atoms in total. The molecule has 0 aromatic rings. The molecule has 1 saturated heterocycles. The number of nitrogens with one attached hydrogen (secondary N) is 1. The fourth-order valence-corrected chi connectivity index (χ4v) is 4.77. The third-order valence-corrected chi connectivity index (χ3v) is 5.72. The Kier molecular flexibility index (Phi) is 9.83. The Labute approximate surface area is 117 Å². The van der Waals surface area contributed by atoms with Gasteiger partial charge in [-0.2, -0.15) is 0 Å². The van der Waals surface area contributed by atoms with Crippen molar-refractivity contribution in [3.05, 3.63) is 0 Å². The summed E-state index contributed by atoms with van der Waals surface area (Å²) in [6.45, 7) is 1.38. The Balaban J connectivity index is 1.84. The minimum Gasteiger partial charge on any atom is -0.394 e. The maximum Gasteiger partial charge on any atom is 0.220 e. The number of carbonyl (C=O) groups is 1. The molecule has 2 N–H and O–H groups in total. The van der Waals surface area contributed by atoms with Crippen LogP contribution in [0.25, 0.3) is 0 Å². The molecule has 1 aliphatic rings. The number of carbonyl (C=O) groups excluding carboxylic acids is 1. The monoisotopic (exact) mass is 293 g/mol. The summed E-state index contributed by atoms with van der Waals surface area (Å²) in [7, 11) is 3.97. The van der Waals surface area contributed by atoms with Crippen molar-refractivity contribution < 1.29 is 14.6 Å². The highest BCUT2D eigenvalue weighted by Crippen LogP contribution is 2.39. The molecule has 1 aliphatic heterocycles. The number of hydrogen-bond acceptors (Lipinski definition) is 5. The molecular weight excluding hydrogens is 270 g/mol. The van der Waals surface area contributed by atoms with E-state index in [4.69, 9.17) is 9.84 Å². The Hall–Kier alpha value is 0.0900. The van der Waals surface area contributed by atoms with Crippen LogP contribution in [-0.4, -0.2) is 48.4 Å². The van der Waals surface area contributed by atoms with Gasteiger partial charge in [0.1, 0.15) is 0 Å². The van der Waals surface area contributed by atoms with E-state index in [1.54, 1.807) is 0 Å². The van der Waals surface area contributed by atoms with Crippen LogP contribution in [-0.2, 0) is 9.53 Å². The lowest BCUT2D eigenvalue weighted by Crippen LogP contribution is -2.27. The summed E-state index contributed by atoms with van der Waals surface area (Å²) in [4.78, 5) is 11.4. The molecule has 1 rings (SSSR count). The predicted octanol–water partition coefficient (Wildman–Crippen LogP) is 1.83. The molecular formula is C12H23NO3S2. The van der Waals surface area contributed by atoms with Crippen LogP contribution in [0.15, 0.2) is 0 Å². The van der Waals surface area contributed by atoms with Crippen molar-refractivity contribution in [1.29, 1.82) is 0 Å². The van der Waals surface area contributed by atoms with Crippen LogP contribution < -0.4 is 5.32 Å². The SMILES string of the molecule is O=C(CCCCC1CCSS1)NCCOCCO. The fraction of sp³-hybridized carbons (Fsp3) is 0.917. The predicted molar refractivity (Wildman–Crippen MR) is 77.8 cm³/mol. The quantitative estimate of drug-likeness (QED) is 0.475. The van der Waals surface area contributed by atoms with Crippen LogP contribution >= 0.6 is 21.6 Å². The van der Waals surface area contributed by atoms with Crippen LogP contribution in [0.2, 0.25) is 0 Å². The van der Waals surface area contributed by atoms with E-state index >= 15 is 0 Å². The summed E-state index contributed by atoms with van der Waals surface area (Å²) >= 11 is 0. The van der Waals surface area contributed by atoms with E-state index in [2.05, 4.69) is 5.32 Å². The van der Waals surface area contributed by atoms with E-state index in [-0.39, 0.29) is 12.5 Å². The molecule has 18 heavy (non-hydrogen) atoms. The molecule has 1 amide bonds. The fourth-order valence-electron chi connectivity index (χ4n) is 1.74. The Morgan fingerprint density at radius 3 is 3.00 bits per heavy atom. The van der Waals surface area contributed by atoms with Gasteiger partial charge in [-0.25, -0.2) is 0 Å². The average Bonchev–Trinajstić information content (AvgIpc) is 2.87. The van der Waals surface area contributed by atoms with Crippen LogP contribution in [0.4, 0.5) is 0 Å². The van der Waals surface area contributed by atoms with E-state index in [1.165, 1.54) is 18.6 Å². The van der Waals surface area contributed by atoms with Gasteiger partial charge in [0.25, 0.3) is 0 Å². The summed E-state index contributed by atoms with van der Waals surface area (Å²) in [5.74, 6) is 1.39. The second-order valence-corrected chi connectivity index (χ2v) is 7.05. The first-order valence-electron chi connectivity index (χ1n) is 6.56. The van der Waals surface area contributed by atoms with Crippen LogP contribution in [0.1, 0.15) is 32.1 Å². The van der Waals surface area contributed by atoms with Gasteiger partial charge in [0.2, 0.25) is 5.91 Å². The second-order valence-electron chi connectivity index (χ2n) is 4.26. The van der Waals surface area contributed by atoms with Crippen LogP contribution in [0.5, 0.6) is 0 Å². The molecule has 0 bridgehead atoms. The number of hydrogen-bond donors (Lipinski definition) is 2. The maximum atomic E-state index is 11.4. The summed E-state index contributed by atoms with van der Waals surface area (Å²) in [6, 6.07) is 0. The molecule has 1 unspecified atom stereocenters. The molecule has 0 aromatic heterocycles. The lowest BCUT2D eigenvalue weighted by atomic mass is 10.1. The highest BCUT2D eigenvalue weighted by Gasteiger charge is 2.15. The van der Waals surface area contributed by atoms with Crippen molar-refractivity contribution >= 4 is 27.5 Å². The van der Waals surface area contributed by atoms with E-state index in [9.17, 15) is 4.79 Å². The number of ether oxygens (including phenoxy) is 1. The van der Waals surface area contributed by atoms with E-state index in [1.807, 2.05) is 21.6 Å². The minimum absolute atomic E-state index is 0.0331. The smallest absolute Gasteiger partial charge is 0.220 e. The first-order chi connectivity index (χ1) is 8.83. The molecule has 6 heteroatoms. The van der Waals surface area contributed by atoms with E-state index < -0.39 is 0 Å². The van der Waals surface area contributed by atoms with Crippen molar-refractivity contribution in [1.82, 2.24) is 5.32 Å². The number of amides is 1. The van der Waals surface area contributed by atoms with Crippen molar-refractivity contribution in [2.75, 3.05) is 32.1 Å². The van der Waals surface area contributed by atoms with Crippen molar-refractivity contribution in [2.24, 2.45) is 0 Å². The van der Waals surface area contributed by atoms with Gasteiger partial charge in [-0.05, 0) is 19.3 Å². The average molecular weight is 293 g/mol. The zero-order valence-electron chi connectivity index (χ0n) is 10.7. The van der Waals surface area contributed by atoms with Gasteiger partial charge in [0, 0.05) is 24.0 Å². The zero-order valence-corrected chi connectivity index (χ0v) is 12.4. The van der Waals surface area contributed by atoms with Crippen molar-refractivity contribution in [2.45, 2.75) is 37.4 Å². The Morgan fingerprint density at radius 1 is 1.39 bits per heavy atom. The first-order valence-corrected chi connectivity index (χ1v) is 8.94. The summed E-state index contributed by atoms with van der Waals surface area (Å²) in [6.07, 6.45) is 5.30. The van der Waals surface area contributed by atoms with Gasteiger partial charge >= 0.3 is 0 Å². The topological polar surface area (TPSA) is 58.6 Å². The van der Waals surface area contributed by atoms with Crippen molar-refractivity contribution in [3.63, 3.8) is 0 Å². The lowest BCUT2D eigenvalue weighted by molar-refractivity contribution is -0.121. The normalized spacial score (nSPS) is 19.1. The number of rotatable bonds is 10. The maximum absolute atomic E-state index is 11.4. The number of aliphatic hydroxyl groups excluding tert-OH is 1. The molecule has 1 fully saturated rings. The van der Waals surface area contributed by atoms with Gasteiger partial charge in [-0.15, -0.1) is 0 Å². The van der Waals surface area contributed by atoms with E-state index in [0.29, 0.717) is 26.2 Å². The molecule has 106 valence electrons. The molecule has 0 spiro atoms. The van der Waals surface area contributed by atoms with Gasteiger partial charge in [-0.1, -0.05) is 28.0 Å². The summed E-state index contributed by atoms with van der Waals surface area (Å²) in [5.41, 5.74) is 0. The number of aliphatic hydroxyl groups is 1. The molecule has 0 radical (unpaired) electrons. The highest BCUT2D eigenvalue weighted by molar-refractivity contribution is 8.77. The van der Waals surface area contributed by atoms with Gasteiger partial charge in [0.05, 0.1) is 19.8 Å². The lowest BCUT2D eigenvalue weighted by Gasteiger charge is -2.07. The van der Waals surface area contributed by atoms with Gasteiger partial charge in [0.15, 0.2) is 0 Å². The number of unbranched alkanes of at least 4 members (excludes halogenated alkanes) is 1. The van der Waals surface area contributed by atoms with Gasteiger partial charge < -0.3 is 15.2 Å². The third-order valence-electron chi connectivity index (χ3n) is 2.71. The summed E-state index contributed by atoms with van der Waals surface area (Å²) in [5, 5.41) is 12.1. The Morgan fingerprint density at radius 2 is 2.28 bits per heavy atom.